The number of benzene rings is 2. The van der Waals surface area contributed by atoms with Crippen LogP contribution in [0.1, 0.15) is 11.1 Å². The Kier molecular flexibility index (Phi) is 5.83. The van der Waals surface area contributed by atoms with Gasteiger partial charge in [0, 0.05) is 7.05 Å². The number of hydrogen-bond donors (Lipinski definition) is 2. The van der Waals surface area contributed by atoms with Crippen molar-refractivity contribution in [2.24, 2.45) is 7.05 Å². The van der Waals surface area contributed by atoms with Gasteiger partial charge in [0.25, 0.3) is 5.56 Å². The maximum Gasteiger partial charge on any atom is 0.329 e. The van der Waals surface area contributed by atoms with Crippen molar-refractivity contribution in [2.45, 2.75) is 26.5 Å². The lowest BCUT2D eigenvalue weighted by Crippen LogP contribution is -2.30. The summed E-state index contributed by atoms with van der Waals surface area (Å²) in [6.45, 7) is 3.88. The van der Waals surface area contributed by atoms with E-state index in [-0.39, 0.29) is 30.3 Å². The molecule has 0 amide bonds. The van der Waals surface area contributed by atoms with Crippen LogP contribution in [0.2, 0.25) is 0 Å². The summed E-state index contributed by atoms with van der Waals surface area (Å²) in [4.78, 5) is 31.2. The Morgan fingerprint density at radius 3 is 2.53 bits per heavy atom. The molecule has 0 aliphatic rings. The largest absolute Gasteiger partial charge is 0.491 e. The smallest absolute Gasteiger partial charge is 0.329 e. The number of fused-ring (bicyclic) bond motifs is 1. The van der Waals surface area contributed by atoms with E-state index in [0.717, 1.165) is 11.1 Å². The number of aliphatic hydroxyl groups is 1. The van der Waals surface area contributed by atoms with Crippen molar-refractivity contribution in [1.29, 1.82) is 0 Å². The van der Waals surface area contributed by atoms with Gasteiger partial charge in [-0.2, -0.15) is 4.98 Å². The van der Waals surface area contributed by atoms with E-state index in [1.807, 2.05) is 44.2 Å². The van der Waals surface area contributed by atoms with Gasteiger partial charge in [0.1, 0.15) is 24.2 Å². The highest BCUT2D eigenvalue weighted by molar-refractivity contribution is 5.71. The Balaban J connectivity index is 1.67. The van der Waals surface area contributed by atoms with Crippen LogP contribution in [0.5, 0.6) is 17.5 Å². The molecular formula is C23H24N4O5. The average molecular weight is 436 g/mol. The average Bonchev–Trinajstić information content (AvgIpc) is 3.11. The number of nitrogens with zero attached hydrogens (tertiary/aromatic N) is 3. The number of imidazole rings is 1. The molecule has 32 heavy (non-hydrogen) atoms. The van der Waals surface area contributed by atoms with Gasteiger partial charge < -0.3 is 14.6 Å². The maximum absolute atomic E-state index is 12.6. The lowest BCUT2D eigenvalue weighted by molar-refractivity contribution is 0.0915. The molecular weight excluding hydrogens is 412 g/mol. The predicted molar refractivity (Wildman–Crippen MR) is 120 cm³/mol. The highest BCUT2D eigenvalue weighted by atomic mass is 16.5. The van der Waals surface area contributed by atoms with Gasteiger partial charge in [-0.1, -0.05) is 29.8 Å². The van der Waals surface area contributed by atoms with E-state index in [1.165, 1.54) is 16.2 Å². The third-order valence-corrected chi connectivity index (χ3v) is 5.03. The molecule has 0 radical (unpaired) electrons. The van der Waals surface area contributed by atoms with Gasteiger partial charge >= 0.3 is 11.7 Å². The second kappa shape index (κ2) is 8.72. The summed E-state index contributed by atoms with van der Waals surface area (Å²) in [5, 5.41) is 10.6. The molecule has 166 valence electrons. The van der Waals surface area contributed by atoms with Crippen LogP contribution in [0, 0.1) is 13.8 Å². The fourth-order valence-corrected chi connectivity index (χ4v) is 3.33. The zero-order chi connectivity index (χ0) is 22.8. The van der Waals surface area contributed by atoms with E-state index in [0.29, 0.717) is 11.5 Å². The minimum atomic E-state index is -0.968. The molecule has 2 heterocycles. The first-order valence-corrected chi connectivity index (χ1v) is 10.1. The van der Waals surface area contributed by atoms with Gasteiger partial charge in [-0.15, -0.1) is 0 Å². The fourth-order valence-electron chi connectivity index (χ4n) is 3.33. The summed E-state index contributed by atoms with van der Waals surface area (Å²) < 4.78 is 14.3. The van der Waals surface area contributed by atoms with E-state index in [9.17, 15) is 14.7 Å². The lowest BCUT2D eigenvalue weighted by atomic mass is 10.2. The first kappa shape index (κ1) is 21.4. The van der Waals surface area contributed by atoms with Crippen LogP contribution >= 0.6 is 0 Å². The molecule has 1 atom stereocenters. The van der Waals surface area contributed by atoms with Crippen LogP contribution < -0.4 is 20.7 Å². The third-order valence-electron chi connectivity index (χ3n) is 5.03. The van der Waals surface area contributed by atoms with Crippen molar-refractivity contribution < 1.29 is 14.6 Å². The zero-order valence-electron chi connectivity index (χ0n) is 18.0. The highest BCUT2D eigenvalue weighted by Crippen LogP contribution is 2.25. The first-order valence-electron chi connectivity index (χ1n) is 10.1. The molecule has 4 aromatic rings. The second-order valence-electron chi connectivity index (χ2n) is 7.69. The summed E-state index contributed by atoms with van der Waals surface area (Å²) in [6.07, 6.45) is -0.968. The molecule has 0 unspecified atom stereocenters. The van der Waals surface area contributed by atoms with Crippen LogP contribution in [0.15, 0.2) is 58.1 Å². The Morgan fingerprint density at radius 2 is 1.81 bits per heavy atom. The molecule has 0 spiro atoms. The summed E-state index contributed by atoms with van der Waals surface area (Å²) in [5.41, 5.74) is 1.20. The highest BCUT2D eigenvalue weighted by Gasteiger charge is 2.21. The predicted octanol–water partition coefficient (Wildman–Crippen LogP) is 2.27. The van der Waals surface area contributed by atoms with Gasteiger partial charge in [-0.05, 0) is 43.7 Å². The fraction of sp³-hybridized carbons (Fsp3) is 0.261. The molecule has 0 aliphatic carbocycles. The molecule has 2 N–H and O–H groups in total. The maximum atomic E-state index is 12.6. The Labute approximate surface area is 183 Å². The Hall–Kier alpha value is -3.85. The molecule has 2 aromatic carbocycles. The summed E-state index contributed by atoms with van der Waals surface area (Å²) in [7, 11) is 1.50. The second-order valence-corrected chi connectivity index (χ2v) is 7.69. The number of H-pyrrole nitrogens is 1. The molecule has 9 heteroatoms. The quantitative estimate of drug-likeness (QED) is 0.460. The molecule has 0 saturated heterocycles. The van der Waals surface area contributed by atoms with Crippen molar-refractivity contribution in [3.8, 4) is 17.5 Å². The normalized spacial score (nSPS) is 12.1. The zero-order valence-corrected chi connectivity index (χ0v) is 18.0. The van der Waals surface area contributed by atoms with E-state index >= 15 is 0 Å². The minimum Gasteiger partial charge on any atom is -0.491 e. The van der Waals surface area contributed by atoms with Crippen molar-refractivity contribution in [2.75, 3.05) is 6.61 Å². The van der Waals surface area contributed by atoms with Crippen molar-refractivity contribution in [1.82, 2.24) is 19.1 Å². The van der Waals surface area contributed by atoms with Gasteiger partial charge in [0.05, 0.1) is 6.54 Å². The van der Waals surface area contributed by atoms with Crippen molar-refractivity contribution >= 4 is 11.2 Å². The summed E-state index contributed by atoms with van der Waals surface area (Å²) >= 11 is 0. The number of aromatic nitrogens is 4. The van der Waals surface area contributed by atoms with E-state index in [1.54, 1.807) is 18.2 Å². The standard InChI is InChI=1S/C23H24N4O5/c1-14-7-9-17(10-8-14)32-23-24-20-19(21(29)25-22(30)26(20)3)27(23)12-16(28)13-31-18-6-4-5-15(2)11-18/h4-11,16,28H,12-13H2,1-3H3,(H,25,29,30)/t16-/m0/s1. The van der Waals surface area contributed by atoms with E-state index in [2.05, 4.69) is 9.97 Å². The van der Waals surface area contributed by atoms with Gasteiger partial charge in [-0.25, -0.2) is 4.79 Å². The molecule has 4 rings (SSSR count). The Morgan fingerprint density at radius 1 is 1.06 bits per heavy atom. The molecule has 0 saturated carbocycles. The molecule has 0 fully saturated rings. The minimum absolute atomic E-state index is 0.00321. The van der Waals surface area contributed by atoms with E-state index < -0.39 is 17.4 Å². The monoisotopic (exact) mass is 436 g/mol. The van der Waals surface area contributed by atoms with Crippen molar-refractivity contribution in [3.05, 3.63) is 80.5 Å². The summed E-state index contributed by atoms with van der Waals surface area (Å²) in [5.74, 6) is 1.15. The van der Waals surface area contributed by atoms with E-state index in [4.69, 9.17) is 9.47 Å². The molecule has 0 aliphatic heterocycles. The van der Waals surface area contributed by atoms with Gasteiger partial charge in [0.2, 0.25) is 0 Å². The Bertz CT molecular complexity index is 1370. The van der Waals surface area contributed by atoms with Crippen LogP contribution in [0.4, 0.5) is 0 Å². The molecule has 0 bridgehead atoms. The van der Waals surface area contributed by atoms with Crippen LogP contribution in [-0.4, -0.2) is 36.9 Å². The molecule has 2 aromatic heterocycles. The lowest BCUT2D eigenvalue weighted by Gasteiger charge is -2.15. The van der Waals surface area contributed by atoms with Gasteiger partial charge in [0.15, 0.2) is 11.2 Å². The topological polar surface area (TPSA) is 111 Å². The number of nitrogens with one attached hydrogen (secondary N) is 1. The number of aromatic amines is 1. The first-order chi connectivity index (χ1) is 15.3. The van der Waals surface area contributed by atoms with Gasteiger partial charge in [-0.3, -0.25) is 18.9 Å². The third kappa shape index (κ3) is 4.42. The molecule has 9 nitrogen and oxygen atoms in total. The van der Waals surface area contributed by atoms with Crippen LogP contribution in [0.25, 0.3) is 11.2 Å². The SMILES string of the molecule is Cc1ccc(Oc2nc3c(c(=O)[nH]c(=O)n3C)n2C[C@H](O)COc2cccc(C)c2)cc1. The summed E-state index contributed by atoms with van der Waals surface area (Å²) in [6, 6.07) is 14.9. The number of aryl methyl sites for hydroxylation is 3. The number of rotatable bonds is 7. The number of ether oxygens (including phenoxy) is 2. The van der Waals surface area contributed by atoms with Crippen molar-refractivity contribution in [3.63, 3.8) is 0 Å². The number of aliphatic hydroxyl groups excluding tert-OH is 1. The van der Waals surface area contributed by atoms with Crippen LogP contribution in [-0.2, 0) is 13.6 Å². The van der Waals surface area contributed by atoms with Crippen LogP contribution in [0.3, 0.4) is 0 Å². The number of hydrogen-bond acceptors (Lipinski definition) is 6.